The third-order valence-electron chi connectivity index (χ3n) is 11.2. The highest BCUT2D eigenvalue weighted by molar-refractivity contribution is 6.22. The van der Waals surface area contributed by atoms with Gasteiger partial charge >= 0.3 is 0 Å². The van der Waals surface area contributed by atoms with Crippen LogP contribution in [0.5, 0.6) is 0 Å². The van der Waals surface area contributed by atoms with Gasteiger partial charge in [0.1, 0.15) is 5.58 Å². The van der Waals surface area contributed by atoms with Gasteiger partial charge in [-0.25, -0.2) is 9.98 Å². The van der Waals surface area contributed by atoms with Crippen LogP contribution in [0.2, 0.25) is 0 Å². The number of fused-ring (bicyclic) bond motifs is 9. The summed E-state index contributed by atoms with van der Waals surface area (Å²) in [5, 5.41) is 6.87. The third-order valence-corrected chi connectivity index (χ3v) is 11.2. The van der Waals surface area contributed by atoms with Gasteiger partial charge in [-0.1, -0.05) is 152 Å². The zero-order chi connectivity index (χ0) is 38.6. The van der Waals surface area contributed by atoms with E-state index in [1.54, 1.807) is 0 Å². The van der Waals surface area contributed by atoms with Gasteiger partial charge in [-0.15, -0.1) is 0 Å². The number of allylic oxidation sites excluding steroid dienone is 1. The van der Waals surface area contributed by atoms with Gasteiger partial charge in [0.05, 0.1) is 40.0 Å². The van der Waals surface area contributed by atoms with Crippen LogP contribution < -0.4 is 0 Å². The number of nitrogens with zero attached hydrogens (tertiary/aromatic N) is 4. The average Bonchev–Trinajstić information content (AvgIpc) is 3.95. The quantitative estimate of drug-likeness (QED) is 0.124. The smallest absolute Gasteiger partial charge is 0.230 e. The lowest BCUT2D eigenvalue weighted by molar-refractivity contribution is 0.666. The summed E-state index contributed by atoms with van der Waals surface area (Å²) in [7, 11) is 0. The summed E-state index contributed by atoms with van der Waals surface area (Å²) in [5.74, 6) is 0.601. The summed E-state index contributed by atoms with van der Waals surface area (Å²) >= 11 is 0. The average molecular weight is 745 g/mol. The molecule has 0 unspecified atom stereocenters. The molecule has 0 bridgehead atoms. The minimum atomic E-state index is 0.481. The molecule has 0 spiro atoms. The Bertz CT molecular complexity index is 3440. The maximum atomic E-state index is 6.56. The molecule has 0 aliphatic rings. The highest BCUT2D eigenvalue weighted by Gasteiger charge is 2.21. The zero-order valence-corrected chi connectivity index (χ0v) is 31.6. The van der Waals surface area contributed by atoms with Crippen LogP contribution in [0, 0.1) is 0 Å². The minimum Gasteiger partial charge on any atom is -0.454 e. The van der Waals surface area contributed by atoms with Crippen molar-refractivity contribution in [3.8, 4) is 16.8 Å². The first-order valence-electron chi connectivity index (χ1n) is 19.6. The Labute approximate surface area is 334 Å². The van der Waals surface area contributed by atoms with Gasteiger partial charge in [-0.3, -0.25) is 4.57 Å². The van der Waals surface area contributed by atoms with Crippen molar-refractivity contribution >= 4 is 77.2 Å². The van der Waals surface area contributed by atoms with Crippen molar-refractivity contribution in [1.29, 1.82) is 0 Å². The maximum absolute atomic E-state index is 6.56. The molecule has 3 aromatic heterocycles. The maximum Gasteiger partial charge on any atom is 0.230 e. The number of para-hydroxylation sites is 4. The number of furan rings is 1. The Morgan fingerprint density at radius 2 is 1.21 bits per heavy atom. The van der Waals surface area contributed by atoms with E-state index in [1.807, 2.05) is 54.6 Å². The molecule has 11 aromatic rings. The fourth-order valence-electron chi connectivity index (χ4n) is 8.63. The van der Waals surface area contributed by atoms with Gasteiger partial charge in [0.2, 0.25) is 5.96 Å². The molecule has 0 saturated heterocycles. The van der Waals surface area contributed by atoms with Crippen LogP contribution in [0.1, 0.15) is 11.1 Å². The molecule has 0 amide bonds. The third kappa shape index (κ3) is 5.40. The monoisotopic (exact) mass is 744 g/mol. The van der Waals surface area contributed by atoms with Crippen LogP contribution >= 0.6 is 0 Å². The molecular formula is C53H36N4O. The molecule has 0 aliphatic carbocycles. The molecule has 274 valence electrons. The van der Waals surface area contributed by atoms with E-state index in [4.69, 9.17) is 14.4 Å². The summed E-state index contributed by atoms with van der Waals surface area (Å²) in [4.78, 5) is 10.5. The predicted octanol–water partition coefficient (Wildman–Crippen LogP) is 13.5. The van der Waals surface area contributed by atoms with E-state index in [9.17, 15) is 0 Å². The van der Waals surface area contributed by atoms with E-state index in [0.29, 0.717) is 12.5 Å². The van der Waals surface area contributed by atoms with Crippen LogP contribution in [-0.2, 0) is 6.54 Å². The molecule has 0 aliphatic heterocycles. The lowest BCUT2D eigenvalue weighted by atomic mass is 9.98. The van der Waals surface area contributed by atoms with E-state index < -0.39 is 0 Å². The van der Waals surface area contributed by atoms with Crippen molar-refractivity contribution in [2.45, 2.75) is 6.54 Å². The van der Waals surface area contributed by atoms with Gasteiger partial charge in [0.25, 0.3) is 0 Å². The normalized spacial score (nSPS) is 12.5. The minimum absolute atomic E-state index is 0.481. The van der Waals surface area contributed by atoms with E-state index >= 15 is 0 Å². The lowest BCUT2D eigenvalue weighted by Gasteiger charge is -2.11. The molecule has 3 heterocycles. The number of hydrogen-bond acceptors (Lipinski definition) is 2. The lowest BCUT2D eigenvalue weighted by Crippen LogP contribution is -2.13. The van der Waals surface area contributed by atoms with Crippen molar-refractivity contribution in [3.63, 3.8) is 0 Å². The fourth-order valence-corrected chi connectivity index (χ4v) is 8.63. The summed E-state index contributed by atoms with van der Waals surface area (Å²) in [6, 6.07) is 65.9. The van der Waals surface area contributed by atoms with Gasteiger partial charge < -0.3 is 8.98 Å². The SMILES string of the molecule is C=C/C(=N\C(=NCc1ccccc1)n1c2ccccc2c2c(-c3ccc4c(c3)c3ccccc3n4-c3cccc4c3oc3ccccc34)cccc21)c1ccccc1. The Hall–Kier alpha value is -7.76. The molecule has 0 fully saturated rings. The Balaban J connectivity index is 1.13. The molecule has 0 radical (unpaired) electrons. The molecule has 8 aromatic carbocycles. The molecule has 5 heteroatoms. The van der Waals surface area contributed by atoms with Crippen molar-refractivity contribution < 1.29 is 4.42 Å². The van der Waals surface area contributed by atoms with Gasteiger partial charge in [-0.05, 0) is 65.2 Å². The summed E-state index contributed by atoms with van der Waals surface area (Å²) in [6.45, 7) is 4.64. The molecule has 0 N–H and O–H groups in total. The highest BCUT2D eigenvalue weighted by Crippen LogP contribution is 2.42. The van der Waals surface area contributed by atoms with Crippen LogP contribution in [0.25, 0.3) is 82.4 Å². The molecular weight excluding hydrogens is 709 g/mol. The van der Waals surface area contributed by atoms with Gasteiger partial charge in [-0.2, -0.15) is 0 Å². The Morgan fingerprint density at radius 1 is 0.552 bits per heavy atom. The number of rotatable bonds is 6. The number of aromatic nitrogens is 2. The van der Waals surface area contributed by atoms with Crippen molar-refractivity contribution in [3.05, 3.63) is 212 Å². The Kier molecular flexibility index (Phi) is 7.97. The van der Waals surface area contributed by atoms with Crippen LogP contribution in [0.15, 0.2) is 215 Å². The van der Waals surface area contributed by atoms with Gasteiger partial charge in [0.15, 0.2) is 5.58 Å². The van der Waals surface area contributed by atoms with Crippen LogP contribution in [0.3, 0.4) is 0 Å². The summed E-state index contributed by atoms with van der Waals surface area (Å²) in [6.07, 6.45) is 1.81. The van der Waals surface area contributed by atoms with Crippen molar-refractivity contribution in [2.24, 2.45) is 9.98 Å². The van der Waals surface area contributed by atoms with Gasteiger partial charge in [0, 0.05) is 37.9 Å². The second kappa shape index (κ2) is 13.8. The standard InChI is InChI=1S/C53H36N4O/c1-2-44(36-19-7-4-8-20-36)55-53(54-34-35-17-5-3-6-18-35)57-46-27-13-10-23-42(46)51-38(24-15-28-48(51)57)37-31-32-47-43(33-37)39-21-9-12-26-45(39)56(47)49-29-16-25-41-40-22-11-14-30-50(40)58-52(41)49/h2-33H,1,34H2/b54-53?,55-44+. The molecule has 11 rings (SSSR count). The topological polar surface area (TPSA) is 47.7 Å². The molecule has 0 atom stereocenters. The second-order valence-corrected chi connectivity index (χ2v) is 14.6. The first kappa shape index (κ1) is 33.6. The van der Waals surface area contributed by atoms with E-state index in [1.165, 1.54) is 10.8 Å². The van der Waals surface area contributed by atoms with E-state index in [2.05, 4.69) is 155 Å². The zero-order valence-electron chi connectivity index (χ0n) is 31.6. The van der Waals surface area contributed by atoms with Crippen molar-refractivity contribution in [1.82, 2.24) is 9.13 Å². The second-order valence-electron chi connectivity index (χ2n) is 14.6. The summed E-state index contributed by atoms with van der Waals surface area (Å²) in [5.41, 5.74) is 12.2. The van der Waals surface area contributed by atoms with Crippen molar-refractivity contribution in [2.75, 3.05) is 0 Å². The number of benzene rings is 8. The highest BCUT2D eigenvalue weighted by atomic mass is 16.3. The molecule has 5 nitrogen and oxygen atoms in total. The van der Waals surface area contributed by atoms with E-state index in [-0.39, 0.29) is 0 Å². The summed E-state index contributed by atoms with van der Waals surface area (Å²) < 4.78 is 11.1. The first-order chi connectivity index (χ1) is 28.7. The number of hydrogen-bond donors (Lipinski definition) is 0. The number of aliphatic imine (C=N–C) groups is 2. The molecule has 0 saturated carbocycles. The largest absolute Gasteiger partial charge is 0.454 e. The fraction of sp³-hybridized carbons (Fsp3) is 0.0189. The van der Waals surface area contributed by atoms with E-state index in [0.717, 1.165) is 88.4 Å². The first-order valence-corrected chi connectivity index (χ1v) is 19.6. The predicted molar refractivity (Wildman–Crippen MR) is 243 cm³/mol. The molecule has 58 heavy (non-hydrogen) atoms. The van der Waals surface area contributed by atoms with Crippen LogP contribution in [-0.4, -0.2) is 20.8 Å². The van der Waals surface area contributed by atoms with Crippen LogP contribution in [0.4, 0.5) is 0 Å². The Morgan fingerprint density at radius 3 is 2.03 bits per heavy atom.